The highest BCUT2D eigenvalue weighted by atomic mass is 35.5. The van der Waals surface area contributed by atoms with Gasteiger partial charge in [0, 0.05) is 26.3 Å². The third-order valence-corrected chi connectivity index (χ3v) is 3.83. The summed E-state index contributed by atoms with van der Waals surface area (Å²) in [5.74, 6) is 0.653. The predicted octanol–water partition coefficient (Wildman–Crippen LogP) is 3.04. The number of rotatable bonds is 2. The van der Waals surface area contributed by atoms with Crippen LogP contribution >= 0.6 is 11.6 Å². The lowest BCUT2D eigenvalue weighted by molar-refractivity contribution is 0.0583. The van der Waals surface area contributed by atoms with E-state index in [4.69, 9.17) is 11.6 Å². The molecule has 0 spiro atoms. The lowest BCUT2D eigenvalue weighted by Gasteiger charge is -2.38. The fourth-order valence-electron chi connectivity index (χ4n) is 2.51. The van der Waals surface area contributed by atoms with Crippen molar-refractivity contribution >= 4 is 23.3 Å². The van der Waals surface area contributed by atoms with Crippen molar-refractivity contribution in [2.45, 2.75) is 26.7 Å². The summed E-state index contributed by atoms with van der Waals surface area (Å²) in [6, 6.07) is 1.71. The SMILES string of the molecule is CNc1cc(C(=O)N2CCCC(C)(C)C2)c(Cl)cn1. The van der Waals surface area contributed by atoms with Crippen LogP contribution in [0.2, 0.25) is 5.02 Å². The van der Waals surface area contributed by atoms with Crippen molar-refractivity contribution < 1.29 is 4.79 Å². The molecular formula is C14H20ClN3O. The van der Waals surface area contributed by atoms with E-state index in [1.807, 2.05) is 4.90 Å². The molecule has 1 aromatic heterocycles. The Morgan fingerprint density at radius 2 is 2.26 bits per heavy atom. The number of nitrogens with zero attached hydrogens (tertiary/aromatic N) is 2. The number of carbonyl (C=O) groups is 1. The Morgan fingerprint density at radius 3 is 2.89 bits per heavy atom. The molecule has 0 radical (unpaired) electrons. The number of halogens is 1. The van der Waals surface area contributed by atoms with E-state index in [0.29, 0.717) is 16.4 Å². The van der Waals surface area contributed by atoms with Crippen molar-refractivity contribution in [1.29, 1.82) is 0 Å². The van der Waals surface area contributed by atoms with E-state index >= 15 is 0 Å². The summed E-state index contributed by atoms with van der Waals surface area (Å²) in [6.07, 6.45) is 3.72. The smallest absolute Gasteiger partial charge is 0.255 e. The number of likely N-dealkylation sites (tertiary alicyclic amines) is 1. The van der Waals surface area contributed by atoms with E-state index in [1.54, 1.807) is 13.1 Å². The molecule has 0 unspecified atom stereocenters. The molecule has 0 bridgehead atoms. The van der Waals surface area contributed by atoms with E-state index < -0.39 is 0 Å². The van der Waals surface area contributed by atoms with Gasteiger partial charge in [-0.2, -0.15) is 0 Å². The van der Waals surface area contributed by atoms with Crippen molar-refractivity contribution in [3.8, 4) is 0 Å². The van der Waals surface area contributed by atoms with Crippen molar-refractivity contribution in [2.75, 3.05) is 25.5 Å². The fourth-order valence-corrected chi connectivity index (χ4v) is 2.69. The zero-order valence-electron chi connectivity index (χ0n) is 11.7. The Balaban J connectivity index is 2.24. The van der Waals surface area contributed by atoms with Crippen LogP contribution in [0, 0.1) is 5.41 Å². The van der Waals surface area contributed by atoms with Gasteiger partial charge in [0.25, 0.3) is 5.91 Å². The van der Waals surface area contributed by atoms with E-state index in [0.717, 1.165) is 25.9 Å². The van der Waals surface area contributed by atoms with Gasteiger partial charge in [-0.1, -0.05) is 25.4 Å². The summed E-state index contributed by atoms with van der Waals surface area (Å²) in [5, 5.41) is 3.34. The van der Waals surface area contributed by atoms with Crippen LogP contribution in [0.5, 0.6) is 0 Å². The maximum absolute atomic E-state index is 12.6. The largest absolute Gasteiger partial charge is 0.373 e. The Labute approximate surface area is 119 Å². The summed E-state index contributed by atoms with van der Waals surface area (Å²) >= 11 is 6.10. The summed E-state index contributed by atoms with van der Waals surface area (Å²) in [5.41, 5.74) is 0.706. The number of nitrogens with one attached hydrogen (secondary N) is 1. The second-order valence-corrected chi connectivity index (χ2v) is 6.20. The van der Waals surface area contributed by atoms with Crippen LogP contribution in [0.15, 0.2) is 12.3 Å². The monoisotopic (exact) mass is 281 g/mol. The van der Waals surface area contributed by atoms with Gasteiger partial charge in [-0.25, -0.2) is 4.98 Å². The van der Waals surface area contributed by atoms with Crippen molar-refractivity contribution in [2.24, 2.45) is 5.41 Å². The highest BCUT2D eigenvalue weighted by Crippen LogP contribution is 2.30. The first-order chi connectivity index (χ1) is 8.93. The molecule has 1 saturated heterocycles. The molecule has 1 fully saturated rings. The molecule has 104 valence electrons. The number of hydrogen-bond acceptors (Lipinski definition) is 3. The first kappa shape index (κ1) is 14.1. The molecule has 1 aromatic rings. The third kappa shape index (κ3) is 3.18. The molecule has 1 aliphatic rings. The molecule has 0 aliphatic carbocycles. The van der Waals surface area contributed by atoms with Gasteiger partial charge in [-0.15, -0.1) is 0 Å². The molecule has 1 aliphatic heterocycles. The Morgan fingerprint density at radius 1 is 1.53 bits per heavy atom. The average molecular weight is 282 g/mol. The quantitative estimate of drug-likeness (QED) is 0.906. The minimum absolute atomic E-state index is 0.00308. The van der Waals surface area contributed by atoms with Gasteiger partial charge in [0.1, 0.15) is 5.82 Å². The van der Waals surface area contributed by atoms with Crippen LogP contribution < -0.4 is 5.32 Å². The zero-order valence-corrected chi connectivity index (χ0v) is 12.4. The van der Waals surface area contributed by atoms with Crippen LogP contribution in [0.4, 0.5) is 5.82 Å². The zero-order chi connectivity index (χ0) is 14.0. The van der Waals surface area contributed by atoms with Crippen LogP contribution in [-0.4, -0.2) is 35.9 Å². The van der Waals surface area contributed by atoms with Crippen LogP contribution in [0.1, 0.15) is 37.0 Å². The number of piperidine rings is 1. The number of amides is 1. The van der Waals surface area contributed by atoms with Crippen LogP contribution in [0.3, 0.4) is 0 Å². The van der Waals surface area contributed by atoms with Gasteiger partial charge in [0.05, 0.1) is 10.6 Å². The number of pyridine rings is 1. The summed E-state index contributed by atoms with van der Waals surface area (Å²) in [4.78, 5) is 18.6. The standard InChI is InChI=1S/C14H20ClN3O/c1-14(2)5-4-6-18(9-14)13(19)10-7-12(16-3)17-8-11(10)15/h7-8H,4-6,9H2,1-3H3,(H,16,17). The number of carbonyl (C=O) groups excluding carboxylic acids is 1. The van der Waals surface area contributed by atoms with Gasteiger partial charge < -0.3 is 10.2 Å². The first-order valence-electron chi connectivity index (χ1n) is 6.55. The molecule has 2 heterocycles. The van der Waals surface area contributed by atoms with Crippen molar-refractivity contribution in [3.05, 3.63) is 22.8 Å². The number of hydrogen-bond donors (Lipinski definition) is 1. The number of aromatic nitrogens is 1. The predicted molar refractivity (Wildman–Crippen MR) is 77.7 cm³/mol. The average Bonchev–Trinajstić information content (AvgIpc) is 2.37. The summed E-state index contributed by atoms with van der Waals surface area (Å²) in [6.45, 7) is 5.97. The van der Waals surface area contributed by atoms with E-state index in [9.17, 15) is 4.79 Å². The van der Waals surface area contributed by atoms with E-state index in [1.165, 1.54) is 6.20 Å². The second kappa shape index (κ2) is 5.37. The lowest BCUT2D eigenvalue weighted by atomic mass is 9.84. The molecule has 0 atom stereocenters. The summed E-state index contributed by atoms with van der Waals surface area (Å²) < 4.78 is 0. The summed E-state index contributed by atoms with van der Waals surface area (Å²) in [7, 11) is 1.77. The first-order valence-corrected chi connectivity index (χ1v) is 6.93. The van der Waals surface area contributed by atoms with Gasteiger partial charge in [-0.3, -0.25) is 4.79 Å². The minimum atomic E-state index is -0.00308. The lowest BCUT2D eigenvalue weighted by Crippen LogP contribution is -2.43. The Bertz CT molecular complexity index is 488. The highest BCUT2D eigenvalue weighted by Gasteiger charge is 2.30. The molecule has 1 amide bonds. The highest BCUT2D eigenvalue weighted by molar-refractivity contribution is 6.33. The van der Waals surface area contributed by atoms with Gasteiger partial charge in [-0.05, 0) is 24.3 Å². The second-order valence-electron chi connectivity index (χ2n) is 5.79. The maximum atomic E-state index is 12.6. The van der Waals surface area contributed by atoms with Crippen LogP contribution in [-0.2, 0) is 0 Å². The van der Waals surface area contributed by atoms with Gasteiger partial charge in [0.15, 0.2) is 0 Å². The molecule has 0 aromatic carbocycles. The van der Waals surface area contributed by atoms with Gasteiger partial charge >= 0.3 is 0 Å². The minimum Gasteiger partial charge on any atom is -0.373 e. The Hall–Kier alpha value is -1.29. The molecule has 4 nitrogen and oxygen atoms in total. The third-order valence-electron chi connectivity index (χ3n) is 3.53. The maximum Gasteiger partial charge on any atom is 0.255 e. The normalized spacial score (nSPS) is 18.2. The van der Waals surface area contributed by atoms with Crippen molar-refractivity contribution in [3.63, 3.8) is 0 Å². The number of anilines is 1. The van der Waals surface area contributed by atoms with Crippen molar-refractivity contribution in [1.82, 2.24) is 9.88 Å². The topological polar surface area (TPSA) is 45.2 Å². The molecule has 1 N–H and O–H groups in total. The molecular weight excluding hydrogens is 262 g/mol. The molecule has 2 rings (SSSR count). The van der Waals surface area contributed by atoms with Crippen LogP contribution in [0.25, 0.3) is 0 Å². The molecule has 0 saturated carbocycles. The molecule has 19 heavy (non-hydrogen) atoms. The van der Waals surface area contributed by atoms with E-state index in [-0.39, 0.29) is 11.3 Å². The Kier molecular flexibility index (Phi) is 3.99. The van der Waals surface area contributed by atoms with Gasteiger partial charge in [0.2, 0.25) is 0 Å². The molecule has 5 heteroatoms. The fraction of sp³-hybridized carbons (Fsp3) is 0.571. The van der Waals surface area contributed by atoms with E-state index in [2.05, 4.69) is 24.1 Å².